The maximum Gasteiger partial charge on any atom is 0.311 e. The van der Waals surface area contributed by atoms with Crippen molar-refractivity contribution in [2.24, 2.45) is 0 Å². The predicted molar refractivity (Wildman–Crippen MR) is 98.7 cm³/mol. The van der Waals surface area contributed by atoms with Crippen LogP contribution in [-0.2, 0) is 4.79 Å². The Bertz CT molecular complexity index is 708. The van der Waals surface area contributed by atoms with Crippen molar-refractivity contribution in [1.82, 2.24) is 0 Å². The van der Waals surface area contributed by atoms with Crippen molar-refractivity contribution in [1.29, 1.82) is 0 Å². The normalized spacial score (nSPS) is 10.4. The molecule has 0 unspecified atom stereocenters. The number of rotatable bonds is 6. The topological polar surface area (TPSA) is 35.5 Å². The first-order valence-corrected chi connectivity index (χ1v) is 9.03. The molecule has 2 aromatic rings. The van der Waals surface area contributed by atoms with Crippen LogP contribution in [0.15, 0.2) is 45.3 Å². The number of halogens is 4. The van der Waals surface area contributed by atoms with E-state index in [1.54, 1.807) is 30.3 Å². The van der Waals surface area contributed by atoms with Gasteiger partial charge in [-0.1, -0.05) is 39.1 Å². The zero-order chi connectivity index (χ0) is 16.8. The van der Waals surface area contributed by atoms with Gasteiger partial charge in [0.2, 0.25) is 0 Å². The van der Waals surface area contributed by atoms with Crippen LogP contribution in [-0.4, -0.2) is 12.6 Å². The average Bonchev–Trinajstić information content (AvgIpc) is 2.48. The number of hydrogen-bond donors (Lipinski definition) is 0. The van der Waals surface area contributed by atoms with Crippen LogP contribution in [0.2, 0.25) is 10.0 Å². The van der Waals surface area contributed by atoms with Gasteiger partial charge >= 0.3 is 5.97 Å². The standard InChI is InChI=1S/C16H12Br2Cl2O3/c17-10-3-5-14(12(18)8-10)23-16(21)2-1-7-22-15-6-4-11(19)9-13(15)20/h3-6,8-9H,1-2,7H2. The maximum atomic E-state index is 11.8. The Labute approximate surface area is 161 Å². The highest BCUT2D eigenvalue weighted by Gasteiger charge is 2.09. The van der Waals surface area contributed by atoms with E-state index in [9.17, 15) is 4.79 Å². The smallest absolute Gasteiger partial charge is 0.311 e. The van der Waals surface area contributed by atoms with E-state index in [1.165, 1.54) is 0 Å². The molecule has 0 saturated heterocycles. The van der Waals surface area contributed by atoms with Crippen LogP contribution >= 0.6 is 55.1 Å². The summed E-state index contributed by atoms with van der Waals surface area (Å²) >= 11 is 18.5. The molecular weight excluding hydrogens is 471 g/mol. The molecule has 0 N–H and O–H groups in total. The molecule has 2 rings (SSSR count). The molecule has 0 saturated carbocycles. The molecule has 0 aliphatic heterocycles. The first-order chi connectivity index (χ1) is 11.0. The zero-order valence-corrected chi connectivity index (χ0v) is 16.5. The molecule has 0 aromatic heterocycles. The fourth-order valence-corrected chi connectivity index (χ4v) is 3.31. The summed E-state index contributed by atoms with van der Waals surface area (Å²) in [6.07, 6.45) is 0.764. The van der Waals surface area contributed by atoms with Crippen molar-refractivity contribution < 1.29 is 14.3 Å². The molecule has 122 valence electrons. The van der Waals surface area contributed by atoms with Gasteiger partial charge < -0.3 is 9.47 Å². The minimum absolute atomic E-state index is 0.244. The van der Waals surface area contributed by atoms with E-state index in [0.717, 1.165) is 4.47 Å². The largest absolute Gasteiger partial charge is 0.492 e. The zero-order valence-electron chi connectivity index (χ0n) is 11.8. The van der Waals surface area contributed by atoms with Crippen molar-refractivity contribution in [3.8, 4) is 11.5 Å². The van der Waals surface area contributed by atoms with Crippen molar-refractivity contribution in [2.75, 3.05) is 6.61 Å². The van der Waals surface area contributed by atoms with Crippen molar-refractivity contribution in [3.63, 3.8) is 0 Å². The molecule has 0 radical (unpaired) electrons. The van der Waals surface area contributed by atoms with Gasteiger partial charge in [0.1, 0.15) is 11.5 Å². The predicted octanol–water partition coefficient (Wildman–Crippen LogP) is 6.28. The van der Waals surface area contributed by atoms with E-state index in [-0.39, 0.29) is 12.4 Å². The Morgan fingerprint density at radius 1 is 1.04 bits per heavy atom. The van der Waals surface area contributed by atoms with E-state index in [0.29, 0.717) is 39.0 Å². The fraction of sp³-hybridized carbons (Fsp3) is 0.188. The second-order valence-electron chi connectivity index (χ2n) is 4.58. The molecule has 23 heavy (non-hydrogen) atoms. The summed E-state index contributed by atoms with van der Waals surface area (Å²) in [5, 5.41) is 0.991. The molecule has 0 atom stereocenters. The van der Waals surface area contributed by atoms with Crippen LogP contribution < -0.4 is 9.47 Å². The van der Waals surface area contributed by atoms with Gasteiger partial charge in [0.25, 0.3) is 0 Å². The Kier molecular flexibility index (Phi) is 7.21. The first-order valence-electron chi connectivity index (χ1n) is 6.69. The van der Waals surface area contributed by atoms with Crippen LogP contribution in [0.1, 0.15) is 12.8 Å². The van der Waals surface area contributed by atoms with Crippen LogP contribution in [0, 0.1) is 0 Å². The molecule has 0 bridgehead atoms. The Morgan fingerprint density at radius 2 is 1.78 bits per heavy atom. The van der Waals surface area contributed by atoms with Crippen molar-refractivity contribution in [3.05, 3.63) is 55.4 Å². The van der Waals surface area contributed by atoms with Crippen molar-refractivity contribution >= 4 is 61.0 Å². The van der Waals surface area contributed by atoms with Crippen molar-refractivity contribution in [2.45, 2.75) is 12.8 Å². The molecule has 0 amide bonds. The molecule has 0 fully saturated rings. The lowest BCUT2D eigenvalue weighted by Gasteiger charge is -2.09. The van der Waals surface area contributed by atoms with Gasteiger partial charge in [-0.15, -0.1) is 0 Å². The molecule has 0 aliphatic carbocycles. The van der Waals surface area contributed by atoms with Crippen LogP contribution in [0.5, 0.6) is 11.5 Å². The molecule has 0 aliphatic rings. The molecule has 7 heteroatoms. The molecule has 0 spiro atoms. The third kappa shape index (κ3) is 5.99. The van der Waals surface area contributed by atoms with Crippen LogP contribution in [0.25, 0.3) is 0 Å². The highest BCUT2D eigenvalue weighted by atomic mass is 79.9. The second kappa shape index (κ2) is 8.92. The van der Waals surface area contributed by atoms with Gasteiger partial charge in [-0.3, -0.25) is 4.79 Å². The van der Waals surface area contributed by atoms with Gasteiger partial charge in [0.05, 0.1) is 16.1 Å². The minimum atomic E-state index is -0.321. The lowest BCUT2D eigenvalue weighted by Crippen LogP contribution is -2.10. The number of carbonyl (C=O) groups excluding carboxylic acids is 1. The second-order valence-corrected chi connectivity index (χ2v) is 7.19. The molecule has 3 nitrogen and oxygen atoms in total. The number of ether oxygens (including phenoxy) is 2. The van der Waals surface area contributed by atoms with Gasteiger partial charge in [0, 0.05) is 15.9 Å². The summed E-state index contributed by atoms with van der Waals surface area (Å²) in [5.74, 6) is 0.707. The quantitative estimate of drug-likeness (QED) is 0.276. The summed E-state index contributed by atoms with van der Waals surface area (Å²) in [6, 6.07) is 10.3. The maximum absolute atomic E-state index is 11.8. The van der Waals surface area contributed by atoms with Gasteiger partial charge in [-0.25, -0.2) is 0 Å². The summed E-state index contributed by atoms with van der Waals surface area (Å²) in [4.78, 5) is 11.8. The lowest BCUT2D eigenvalue weighted by molar-refractivity contribution is -0.134. The van der Waals surface area contributed by atoms with E-state index < -0.39 is 0 Å². The van der Waals surface area contributed by atoms with Crippen LogP contribution in [0.4, 0.5) is 0 Å². The van der Waals surface area contributed by atoms with Gasteiger partial charge in [-0.05, 0) is 58.7 Å². The van der Waals surface area contributed by atoms with E-state index >= 15 is 0 Å². The summed E-state index contributed by atoms with van der Waals surface area (Å²) < 4.78 is 12.4. The molecule has 2 aromatic carbocycles. The number of esters is 1. The Morgan fingerprint density at radius 3 is 2.48 bits per heavy atom. The number of hydrogen-bond acceptors (Lipinski definition) is 3. The van der Waals surface area contributed by atoms with Gasteiger partial charge in [-0.2, -0.15) is 0 Å². The number of benzene rings is 2. The highest BCUT2D eigenvalue weighted by molar-refractivity contribution is 9.11. The lowest BCUT2D eigenvalue weighted by atomic mass is 10.3. The van der Waals surface area contributed by atoms with E-state index in [1.807, 2.05) is 6.07 Å². The van der Waals surface area contributed by atoms with E-state index in [2.05, 4.69) is 31.9 Å². The summed E-state index contributed by atoms with van der Waals surface area (Å²) in [6.45, 7) is 0.359. The first kappa shape index (κ1) is 18.6. The Hall–Kier alpha value is -0.750. The summed E-state index contributed by atoms with van der Waals surface area (Å²) in [7, 11) is 0. The minimum Gasteiger partial charge on any atom is -0.492 e. The number of carbonyl (C=O) groups is 1. The third-order valence-corrected chi connectivity index (χ3v) is 4.44. The Balaban J connectivity index is 1.76. The van der Waals surface area contributed by atoms with Crippen LogP contribution in [0.3, 0.4) is 0 Å². The van der Waals surface area contributed by atoms with Gasteiger partial charge in [0.15, 0.2) is 0 Å². The van der Waals surface area contributed by atoms with E-state index in [4.69, 9.17) is 32.7 Å². The average molecular weight is 483 g/mol. The molecule has 0 heterocycles. The summed E-state index contributed by atoms with van der Waals surface area (Å²) in [5.41, 5.74) is 0. The third-order valence-electron chi connectivity index (χ3n) is 2.79. The highest BCUT2D eigenvalue weighted by Crippen LogP contribution is 2.29. The fourth-order valence-electron chi connectivity index (χ4n) is 1.72. The molecular formula is C16H12Br2Cl2O3. The monoisotopic (exact) mass is 480 g/mol. The SMILES string of the molecule is O=C(CCCOc1ccc(Cl)cc1Cl)Oc1ccc(Br)cc1Br.